The molecule has 2 aromatic rings. The summed E-state index contributed by atoms with van der Waals surface area (Å²) >= 11 is 0. The second-order valence-electron chi connectivity index (χ2n) is 7.38. The first-order valence-corrected chi connectivity index (χ1v) is 9.47. The van der Waals surface area contributed by atoms with Gasteiger partial charge in [0.1, 0.15) is 5.60 Å². The van der Waals surface area contributed by atoms with Crippen LogP contribution in [0.4, 0.5) is 4.79 Å². The van der Waals surface area contributed by atoms with Gasteiger partial charge in [-0.25, -0.2) is 4.79 Å². The Morgan fingerprint density at radius 3 is 2.27 bits per heavy atom. The highest BCUT2D eigenvalue weighted by molar-refractivity contribution is 5.74. The Bertz CT molecular complexity index is 705. The Morgan fingerprint density at radius 1 is 1.00 bits per heavy atom. The minimum Gasteiger partial charge on any atom is -0.384 e. The first kappa shape index (κ1) is 18.5. The summed E-state index contributed by atoms with van der Waals surface area (Å²) in [6.07, 6.45) is 5.70. The first-order chi connectivity index (χ1) is 12.5. The molecule has 0 radical (unpaired) electrons. The van der Waals surface area contributed by atoms with Gasteiger partial charge in [-0.15, -0.1) is 0 Å². The number of urea groups is 1. The van der Waals surface area contributed by atoms with Crippen molar-refractivity contribution in [2.24, 2.45) is 0 Å². The van der Waals surface area contributed by atoms with Gasteiger partial charge < -0.3 is 15.7 Å². The summed E-state index contributed by atoms with van der Waals surface area (Å²) in [7, 11) is 0. The molecule has 1 atom stereocenters. The summed E-state index contributed by atoms with van der Waals surface area (Å²) in [6, 6.07) is 18.0. The van der Waals surface area contributed by atoms with Crippen LogP contribution in [0.5, 0.6) is 0 Å². The van der Waals surface area contributed by atoms with E-state index in [-0.39, 0.29) is 18.6 Å². The molecule has 138 valence electrons. The van der Waals surface area contributed by atoms with E-state index in [4.69, 9.17) is 0 Å². The van der Waals surface area contributed by atoms with Gasteiger partial charge in [-0.2, -0.15) is 0 Å². The first-order valence-electron chi connectivity index (χ1n) is 9.47. The standard InChI is InChI=1S/C22H28N2O2/c1-22(26,16-23-21(25)24-20-10-6-3-7-11-20)19-14-12-18(13-15-19)17-8-4-2-5-9-17/h2,4-5,8-9,12-15,20,26H,3,6-7,10-11,16H2,1H3,(H2,23,24,25)/t22-/m0/s1. The highest BCUT2D eigenvalue weighted by atomic mass is 16.3. The Labute approximate surface area is 155 Å². The Balaban J connectivity index is 1.56. The molecule has 0 aromatic heterocycles. The molecule has 0 heterocycles. The summed E-state index contributed by atoms with van der Waals surface area (Å²) in [6.45, 7) is 1.90. The summed E-state index contributed by atoms with van der Waals surface area (Å²) in [5.41, 5.74) is 1.92. The van der Waals surface area contributed by atoms with E-state index in [0.717, 1.165) is 29.5 Å². The molecule has 0 bridgehead atoms. The van der Waals surface area contributed by atoms with Gasteiger partial charge in [-0.1, -0.05) is 73.9 Å². The number of amides is 2. The number of hydrogen-bond donors (Lipinski definition) is 3. The molecule has 2 aromatic carbocycles. The maximum atomic E-state index is 12.1. The normalized spacial score (nSPS) is 17.3. The van der Waals surface area contributed by atoms with Crippen LogP contribution in [0.2, 0.25) is 0 Å². The maximum absolute atomic E-state index is 12.1. The number of nitrogens with one attached hydrogen (secondary N) is 2. The summed E-state index contributed by atoms with van der Waals surface area (Å²) in [5, 5.41) is 16.6. The highest BCUT2D eigenvalue weighted by Gasteiger charge is 2.24. The van der Waals surface area contributed by atoms with Crippen LogP contribution in [0, 0.1) is 0 Å². The quantitative estimate of drug-likeness (QED) is 0.755. The summed E-state index contributed by atoms with van der Waals surface area (Å²) in [5.74, 6) is 0. The second kappa shape index (κ2) is 8.37. The van der Waals surface area contributed by atoms with E-state index >= 15 is 0 Å². The fraction of sp³-hybridized carbons (Fsp3) is 0.409. The molecule has 0 spiro atoms. The number of hydrogen-bond acceptors (Lipinski definition) is 2. The Morgan fingerprint density at radius 2 is 1.62 bits per heavy atom. The Hall–Kier alpha value is -2.33. The van der Waals surface area contributed by atoms with Crippen LogP contribution in [-0.2, 0) is 5.60 Å². The van der Waals surface area contributed by atoms with Crippen molar-refractivity contribution in [2.45, 2.75) is 50.7 Å². The molecule has 1 fully saturated rings. The molecule has 3 rings (SSSR count). The van der Waals surface area contributed by atoms with Crippen molar-refractivity contribution in [1.29, 1.82) is 0 Å². The molecule has 0 saturated heterocycles. The van der Waals surface area contributed by atoms with Crippen LogP contribution in [0.15, 0.2) is 54.6 Å². The van der Waals surface area contributed by atoms with Gasteiger partial charge in [0.2, 0.25) is 0 Å². The van der Waals surface area contributed by atoms with Crippen molar-refractivity contribution in [3.63, 3.8) is 0 Å². The largest absolute Gasteiger partial charge is 0.384 e. The maximum Gasteiger partial charge on any atom is 0.315 e. The smallest absolute Gasteiger partial charge is 0.315 e. The SMILES string of the molecule is C[C@](O)(CNC(=O)NC1CCCCC1)c1ccc(-c2ccccc2)cc1. The number of carbonyl (C=O) groups excluding carboxylic acids is 1. The molecule has 1 aliphatic rings. The van der Waals surface area contributed by atoms with Gasteiger partial charge in [0, 0.05) is 6.04 Å². The molecule has 26 heavy (non-hydrogen) atoms. The third-order valence-electron chi connectivity index (χ3n) is 5.15. The van der Waals surface area contributed by atoms with Crippen molar-refractivity contribution in [3.05, 3.63) is 60.2 Å². The zero-order chi connectivity index (χ0) is 18.4. The average molecular weight is 352 g/mol. The number of aliphatic hydroxyl groups is 1. The van der Waals surface area contributed by atoms with E-state index < -0.39 is 5.60 Å². The van der Waals surface area contributed by atoms with Crippen LogP contribution in [0.3, 0.4) is 0 Å². The minimum absolute atomic E-state index is 0.177. The molecule has 3 N–H and O–H groups in total. The third kappa shape index (κ3) is 4.85. The zero-order valence-electron chi connectivity index (χ0n) is 15.4. The summed E-state index contributed by atoms with van der Waals surface area (Å²) in [4.78, 5) is 12.1. The highest BCUT2D eigenvalue weighted by Crippen LogP contribution is 2.25. The van der Waals surface area contributed by atoms with Gasteiger partial charge in [0.05, 0.1) is 6.54 Å². The molecule has 1 saturated carbocycles. The number of benzene rings is 2. The van der Waals surface area contributed by atoms with Crippen LogP contribution in [-0.4, -0.2) is 23.7 Å². The number of carbonyl (C=O) groups is 1. The fourth-order valence-corrected chi connectivity index (χ4v) is 3.49. The Kier molecular flexibility index (Phi) is 5.94. The van der Waals surface area contributed by atoms with Crippen molar-refractivity contribution >= 4 is 6.03 Å². The minimum atomic E-state index is -1.11. The predicted molar refractivity (Wildman–Crippen MR) is 105 cm³/mol. The number of rotatable bonds is 5. The molecule has 1 aliphatic carbocycles. The lowest BCUT2D eigenvalue weighted by molar-refractivity contribution is 0.0592. The van der Waals surface area contributed by atoms with Crippen LogP contribution in [0.1, 0.15) is 44.6 Å². The van der Waals surface area contributed by atoms with Gasteiger partial charge in [-0.05, 0) is 36.5 Å². The molecule has 4 nitrogen and oxygen atoms in total. The van der Waals surface area contributed by atoms with E-state index in [1.165, 1.54) is 19.3 Å². The third-order valence-corrected chi connectivity index (χ3v) is 5.15. The van der Waals surface area contributed by atoms with E-state index in [2.05, 4.69) is 22.8 Å². The van der Waals surface area contributed by atoms with Crippen molar-refractivity contribution in [1.82, 2.24) is 10.6 Å². The van der Waals surface area contributed by atoms with E-state index in [0.29, 0.717) is 0 Å². The lowest BCUT2D eigenvalue weighted by atomic mass is 9.93. The molecular formula is C22H28N2O2. The van der Waals surface area contributed by atoms with E-state index in [1.54, 1.807) is 6.92 Å². The van der Waals surface area contributed by atoms with Gasteiger partial charge in [0.15, 0.2) is 0 Å². The van der Waals surface area contributed by atoms with Crippen molar-refractivity contribution in [3.8, 4) is 11.1 Å². The van der Waals surface area contributed by atoms with Crippen LogP contribution >= 0.6 is 0 Å². The molecule has 2 amide bonds. The van der Waals surface area contributed by atoms with Gasteiger partial charge >= 0.3 is 6.03 Å². The van der Waals surface area contributed by atoms with Gasteiger partial charge in [0.25, 0.3) is 0 Å². The molecule has 4 heteroatoms. The zero-order valence-corrected chi connectivity index (χ0v) is 15.4. The molecule has 0 aliphatic heterocycles. The monoisotopic (exact) mass is 352 g/mol. The molecule has 0 unspecified atom stereocenters. The van der Waals surface area contributed by atoms with Crippen LogP contribution in [0.25, 0.3) is 11.1 Å². The van der Waals surface area contributed by atoms with Crippen molar-refractivity contribution in [2.75, 3.05) is 6.54 Å². The molecular weight excluding hydrogens is 324 g/mol. The predicted octanol–water partition coefficient (Wildman–Crippen LogP) is 4.19. The average Bonchev–Trinajstić information content (AvgIpc) is 2.68. The second-order valence-corrected chi connectivity index (χ2v) is 7.38. The lowest BCUT2D eigenvalue weighted by Crippen LogP contribution is -2.47. The lowest BCUT2D eigenvalue weighted by Gasteiger charge is -2.27. The van der Waals surface area contributed by atoms with Crippen LogP contribution < -0.4 is 10.6 Å². The van der Waals surface area contributed by atoms with Crippen molar-refractivity contribution < 1.29 is 9.90 Å². The van der Waals surface area contributed by atoms with Gasteiger partial charge in [-0.3, -0.25) is 0 Å². The van der Waals surface area contributed by atoms with E-state index in [1.807, 2.05) is 42.5 Å². The van der Waals surface area contributed by atoms with E-state index in [9.17, 15) is 9.90 Å². The topological polar surface area (TPSA) is 61.4 Å². The fourth-order valence-electron chi connectivity index (χ4n) is 3.49. The summed E-state index contributed by atoms with van der Waals surface area (Å²) < 4.78 is 0.